The number of nitrogens with zero attached hydrogens (tertiary/aromatic N) is 3. The van der Waals surface area contributed by atoms with Gasteiger partial charge in [0.05, 0.1) is 18.7 Å². The van der Waals surface area contributed by atoms with Crippen molar-refractivity contribution in [2.24, 2.45) is 23.7 Å². The van der Waals surface area contributed by atoms with Gasteiger partial charge in [-0.1, -0.05) is 11.3 Å². The Morgan fingerprint density at radius 2 is 1.93 bits per heavy atom. The minimum Gasteiger partial charge on any atom is -0.467 e. The molecule has 158 valence electrons. The molecule has 2 aromatic rings. The molecular formula is C22H26N4O3S. The standard InChI is InChI=1S/C22H26N4O3S/c27-18-7-16(11-26(18)12-17-2-1-3-29-17)19(28)23-21-25-24-20(30-21)22-8-13-4-14(9-22)6-15(5-13)10-22/h1-3,13-16H,4-12H2,(H,23,25,28)/t13?,14?,15?,16-,22?/m1/s1. The molecule has 0 radical (unpaired) electrons. The second-order valence-electron chi connectivity index (χ2n) is 9.85. The minimum atomic E-state index is -0.362. The average Bonchev–Trinajstić information content (AvgIpc) is 3.44. The van der Waals surface area contributed by atoms with Crippen molar-refractivity contribution in [3.8, 4) is 0 Å². The fourth-order valence-electron chi connectivity index (χ4n) is 6.76. The maximum atomic E-state index is 12.8. The van der Waals surface area contributed by atoms with Crippen molar-refractivity contribution >= 4 is 28.3 Å². The summed E-state index contributed by atoms with van der Waals surface area (Å²) in [5.74, 6) is 2.76. The molecule has 4 bridgehead atoms. The molecule has 1 N–H and O–H groups in total. The SMILES string of the molecule is O=C(Nc1nnc(C23CC4CC(CC(C4)C2)C3)s1)[C@@H]1CC(=O)N(Cc2ccco2)C1. The summed E-state index contributed by atoms with van der Waals surface area (Å²) in [6, 6.07) is 3.64. The lowest BCUT2D eigenvalue weighted by molar-refractivity contribution is -0.128. The molecule has 2 amide bonds. The Labute approximate surface area is 179 Å². The van der Waals surface area contributed by atoms with Crippen LogP contribution in [0.3, 0.4) is 0 Å². The summed E-state index contributed by atoms with van der Waals surface area (Å²) >= 11 is 1.55. The van der Waals surface area contributed by atoms with Gasteiger partial charge >= 0.3 is 0 Å². The van der Waals surface area contributed by atoms with Gasteiger partial charge in [-0.25, -0.2) is 0 Å². The summed E-state index contributed by atoms with van der Waals surface area (Å²) in [5.41, 5.74) is 0.193. The van der Waals surface area contributed by atoms with Gasteiger partial charge in [0.15, 0.2) is 0 Å². The fraction of sp³-hybridized carbons (Fsp3) is 0.636. The number of amides is 2. The summed E-state index contributed by atoms with van der Waals surface area (Å²) in [6.45, 7) is 0.816. The first-order valence-corrected chi connectivity index (χ1v) is 11.8. The Balaban J connectivity index is 1.12. The van der Waals surface area contributed by atoms with Crippen LogP contribution in [0.2, 0.25) is 0 Å². The van der Waals surface area contributed by atoms with Crippen molar-refractivity contribution in [3.63, 3.8) is 0 Å². The van der Waals surface area contributed by atoms with E-state index >= 15 is 0 Å². The first kappa shape index (κ1) is 18.5. The highest BCUT2D eigenvalue weighted by Crippen LogP contribution is 2.61. The normalized spacial score (nSPS) is 34.7. The van der Waals surface area contributed by atoms with Crippen molar-refractivity contribution in [1.29, 1.82) is 0 Å². The van der Waals surface area contributed by atoms with Crippen molar-refractivity contribution in [2.45, 2.75) is 56.9 Å². The maximum absolute atomic E-state index is 12.8. The number of rotatable bonds is 5. The van der Waals surface area contributed by atoms with Crippen molar-refractivity contribution in [2.75, 3.05) is 11.9 Å². The highest BCUT2D eigenvalue weighted by Gasteiger charge is 2.53. The van der Waals surface area contributed by atoms with Gasteiger partial charge in [-0.2, -0.15) is 0 Å². The Hall–Kier alpha value is -2.22. The molecule has 8 heteroatoms. The van der Waals surface area contributed by atoms with E-state index in [1.807, 2.05) is 6.07 Å². The third kappa shape index (κ3) is 3.16. The Bertz CT molecular complexity index is 934. The summed E-state index contributed by atoms with van der Waals surface area (Å²) in [7, 11) is 0. The highest BCUT2D eigenvalue weighted by molar-refractivity contribution is 7.15. The van der Waals surface area contributed by atoms with Crippen LogP contribution < -0.4 is 5.32 Å². The minimum absolute atomic E-state index is 0.0157. The molecule has 4 aliphatic carbocycles. The summed E-state index contributed by atoms with van der Waals surface area (Å²) in [6.07, 6.45) is 9.72. The maximum Gasteiger partial charge on any atom is 0.231 e. The van der Waals surface area contributed by atoms with Crippen LogP contribution in [0.25, 0.3) is 0 Å². The zero-order chi connectivity index (χ0) is 20.3. The Morgan fingerprint density at radius 3 is 2.60 bits per heavy atom. The number of likely N-dealkylation sites (tertiary alicyclic amines) is 1. The predicted molar refractivity (Wildman–Crippen MR) is 111 cm³/mol. The first-order chi connectivity index (χ1) is 14.6. The molecule has 5 fully saturated rings. The molecule has 0 aromatic carbocycles. The van der Waals surface area contributed by atoms with E-state index in [4.69, 9.17) is 4.42 Å². The van der Waals surface area contributed by atoms with E-state index in [0.29, 0.717) is 18.2 Å². The quantitative estimate of drug-likeness (QED) is 0.789. The largest absolute Gasteiger partial charge is 0.467 e. The zero-order valence-corrected chi connectivity index (χ0v) is 17.7. The van der Waals surface area contributed by atoms with Gasteiger partial charge in [-0.05, 0) is 68.4 Å². The topological polar surface area (TPSA) is 88.3 Å². The van der Waals surface area contributed by atoms with E-state index in [1.54, 1.807) is 28.6 Å². The Kier molecular flexibility index (Phi) is 4.27. The van der Waals surface area contributed by atoms with Gasteiger partial charge in [0.1, 0.15) is 10.8 Å². The number of carbonyl (C=O) groups excluding carboxylic acids is 2. The van der Waals surface area contributed by atoms with E-state index in [0.717, 1.165) is 28.5 Å². The molecule has 2 aromatic heterocycles. The fourth-order valence-corrected chi connectivity index (χ4v) is 7.72. The second kappa shape index (κ2) is 6.90. The van der Waals surface area contributed by atoms with Crippen LogP contribution in [0.4, 0.5) is 5.13 Å². The van der Waals surface area contributed by atoms with Crippen molar-refractivity contribution in [3.05, 3.63) is 29.2 Å². The number of anilines is 1. The lowest BCUT2D eigenvalue weighted by Gasteiger charge is -2.55. The summed E-state index contributed by atoms with van der Waals surface area (Å²) in [4.78, 5) is 26.8. The predicted octanol–water partition coefficient (Wildman–Crippen LogP) is 3.59. The summed E-state index contributed by atoms with van der Waals surface area (Å²) < 4.78 is 5.33. The molecule has 1 aliphatic heterocycles. The van der Waals surface area contributed by atoms with Gasteiger partial charge in [0, 0.05) is 18.4 Å². The van der Waals surface area contributed by atoms with Crippen LogP contribution in [0.1, 0.15) is 55.7 Å². The third-order valence-electron chi connectivity index (χ3n) is 7.66. The van der Waals surface area contributed by atoms with Crippen LogP contribution in [0, 0.1) is 23.7 Å². The number of nitrogens with one attached hydrogen (secondary N) is 1. The van der Waals surface area contributed by atoms with Gasteiger partial charge in [0.2, 0.25) is 16.9 Å². The molecular weight excluding hydrogens is 400 g/mol. The van der Waals surface area contributed by atoms with Gasteiger partial charge < -0.3 is 14.6 Å². The van der Waals surface area contributed by atoms with Gasteiger partial charge in [0.25, 0.3) is 0 Å². The number of carbonyl (C=O) groups is 2. The van der Waals surface area contributed by atoms with E-state index < -0.39 is 0 Å². The molecule has 7 nitrogen and oxygen atoms in total. The molecule has 3 heterocycles. The molecule has 0 unspecified atom stereocenters. The van der Waals surface area contributed by atoms with Crippen LogP contribution in [-0.2, 0) is 21.5 Å². The molecule has 4 saturated carbocycles. The number of hydrogen-bond donors (Lipinski definition) is 1. The van der Waals surface area contributed by atoms with E-state index in [1.165, 1.54) is 38.5 Å². The van der Waals surface area contributed by atoms with Crippen LogP contribution in [0.15, 0.2) is 22.8 Å². The van der Waals surface area contributed by atoms with Crippen LogP contribution in [-0.4, -0.2) is 33.5 Å². The van der Waals surface area contributed by atoms with Crippen LogP contribution in [0.5, 0.6) is 0 Å². The lowest BCUT2D eigenvalue weighted by atomic mass is 9.50. The lowest BCUT2D eigenvalue weighted by Crippen LogP contribution is -2.48. The molecule has 1 atom stereocenters. The molecule has 5 aliphatic rings. The summed E-state index contributed by atoms with van der Waals surface area (Å²) in [5, 5.41) is 13.5. The molecule has 0 spiro atoms. The molecule has 30 heavy (non-hydrogen) atoms. The van der Waals surface area contributed by atoms with E-state index in [-0.39, 0.29) is 29.6 Å². The number of hydrogen-bond acceptors (Lipinski definition) is 6. The average molecular weight is 427 g/mol. The van der Waals surface area contributed by atoms with Gasteiger partial charge in [-0.15, -0.1) is 10.2 Å². The van der Waals surface area contributed by atoms with Gasteiger partial charge in [-0.3, -0.25) is 9.59 Å². The number of aromatic nitrogens is 2. The van der Waals surface area contributed by atoms with E-state index in [2.05, 4.69) is 15.5 Å². The highest BCUT2D eigenvalue weighted by atomic mass is 32.1. The zero-order valence-electron chi connectivity index (χ0n) is 16.9. The molecule has 1 saturated heterocycles. The van der Waals surface area contributed by atoms with Crippen molar-refractivity contribution < 1.29 is 14.0 Å². The van der Waals surface area contributed by atoms with E-state index in [9.17, 15) is 9.59 Å². The van der Waals surface area contributed by atoms with Crippen molar-refractivity contribution in [1.82, 2.24) is 15.1 Å². The third-order valence-corrected chi connectivity index (χ3v) is 8.74. The van der Waals surface area contributed by atoms with Crippen LogP contribution >= 0.6 is 11.3 Å². The molecule has 7 rings (SSSR count). The monoisotopic (exact) mass is 426 g/mol. The first-order valence-electron chi connectivity index (χ1n) is 11.0. The second-order valence-corrected chi connectivity index (χ2v) is 10.8. The Morgan fingerprint density at radius 1 is 1.20 bits per heavy atom. The smallest absolute Gasteiger partial charge is 0.231 e. The number of furan rings is 1.